The lowest BCUT2D eigenvalue weighted by Gasteiger charge is -2.50. The number of esters is 2. The number of ether oxygens (including phenoxy) is 5. The quantitative estimate of drug-likeness (QED) is 0.164. The molecule has 11 unspecified atom stereocenters. The van der Waals surface area contributed by atoms with Crippen molar-refractivity contribution < 1.29 is 52.8 Å². The molecule has 2 amide bonds. The van der Waals surface area contributed by atoms with Crippen LogP contribution >= 0.6 is 0 Å². The molecule has 4 heterocycles. The number of hydroxylamine groups is 2. The molecule has 10 rings (SSSR count). The molecular formula is C52H61N3O11. The van der Waals surface area contributed by atoms with Gasteiger partial charge >= 0.3 is 11.9 Å². The van der Waals surface area contributed by atoms with Crippen molar-refractivity contribution in [3.63, 3.8) is 0 Å². The number of allylic oxidation sites excluding steroid dienone is 1. The molecule has 2 saturated carbocycles. The first-order valence-corrected chi connectivity index (χ1v) is 23.6. The summed E-state index contributed by atoms with van der Waals surface area (Å²) < 4.78 is 31.3. The molecule has 0 radical (unpaired) electrons. The fraction of sp³-hybridized carbons (Fsp3) is 0.538. The predicted octanol–water partition coefficient (Wildman–Crippen LogP) is 5.02. The second-order valence-electron chi connectivity index (χ2n) is 20.4. The lowest BCUT2D eigenvalue weighted by atomic mass is 9.62. The fourth-order valence-electron chi connectivity index (χ4n) is 11.4. The fourth-order valence-corrected chi connectivity index (χ4v) is 11.4. The molecule has 4 aliphatic heterocycles. The third-order valence-electron chi connectivity index (χ3n) is 14.7. The molecule has 3 aromatic rings. The Balaban J connectivity index is 0.945. The van der Waals surface area contributed by atoms with Gasteiger partial charge in [-0.2, -0.15) is 5.06 Å². The van der Waals surface area contributed by atoms with Crippen LogP contribution in [-0.4, -0.2) is 119 Å². The van der Waals surface area contributed by atoms with Gasteiger partial charge in [-0.15, -0.1) is 0 Å². The highest BCUT2D eigenvalue weighted by Gasteiger charge is 2.77. The number of epoxide rings is 1. The third kappa shape index (κ3) is 8.72. The lowest BCUT2D eigenvalue weighted by molar-refractivity contribution is -0.218. The molecule has 2 N–H and O–H groups in total. The number of fused-ring (bicyclic) bond motifs is 6. The minimum atomic E-state index is -1.54. The van der Waals surface area contributed by atoms with Crippen LogP contribution in [0.15, 0.2) is 84.9 Å². The number of benzene rings is 3. The molecule has 3 aromatic carbocycles. The Morgan fingerprint density at radius 2 is 1.64 bits per heavy atom. The Kier molecular flexibility index (Phi) is 12.0. The van der Waals surface area contributed by atoms with Crippen LogP contribution in [0.2, 0.25) is 0 Å². The molecule has 3 aliphatic carbocycles. The molecule has 14 nitrogen and oxygen atoms in total. The summed E-state index contributed by atoms with van der Waals surface area (Å²) in [6, 6.07) is 22.5. The summed E-state index contributed by atoms with van der Waals surface area (Å²) in [6.07, 6.45) is 6.60. The van der Waals surface area contributed by atoms with E-state index in [1.54, 1.807) is 32.9 Å². The van der Waals surface area contributed by atoms with Gasteiger partial charge in [0.25, 0.3) is 0 Å². The first-order valence-electron chi connectivity index (χ1n) is 23.6. The summed E-state index contributed by atoms with van der Waals surface area (Å²) in [5.74, 6) is -2.58. The van der Waals surface area contributed by atoms with E-state index in [1.807, 2.05) is 66.7 Å². The second kappa shape index (κ2) is 17.6. The van der Waals surface area contributed by atoms with Crippen molar-refractivity contribution in [2.24, 2.45) is 11.3 Å². The van der Waals surface area contributed by atoms with Crippen LogP contribution < -0.4 is 5.32 Å². The van der Waals surface area contributed by atoms with E-state index in [4.69, 9.17) is 28.5 Å². The van der Waals surface area contributed by atoms with Crippen LogP contribution in [0.25, 0.3) is 6.08 Å². The molecule has 11 atom stereocenters. The molecule has 1 spiro atoms. The van der Waals surface area contributed by atoms with Crippen molar-refractivity contribution in [1.82, 2.24) is 15.3 Å². The Bertz CT molecular complexity index is 2330. The van der Waals surface area contributed by atoms with E-state index in [-0.39, 0.29) is 32.2 Å². The van der Waals surface area contributed by atoms with Crippen molar-refractivity contribution in [2.45, 2.75) is 151 Å². The maximum atomic E-state index is 15.8. The molecule has 66 heavy (non-hydrogen) atoms. The number of aliphatic hydroxyl groups excluding tert-OH is 1. The van der Waals surface area contributed by atoms with Crippen molar-refractivity contribution >= 4 is 29.8 Å². The van der Waals surface area contributed by atoms with Gasteiger partial charge in [0.2, 0.25) is 11.8 Å². The van der Waals surface area contributed by atoms with E-state index in [0.717, 1.165) is 47.1 Å². The van der Waals surface area contributed by atoms with Crippen molar-refractivity contribution in [2.75, 3.05) is 13.7 Å². The standard InChI is InChI=1S/C52H61N3O11/c1-50(2,3)63-42(57)23-21-37(30-56)53-47(58)38(24-32-10-6-5-7-11-32)54(4)49(60)52-28-41-43-44(65-51(64-43)26-35-12-8-9-13-36(35)27-51)46(52)66-55(45(52)48(59)62-41)29-34-18-15-31(16-19-34)14-17-33-20-22-39-40(25-33)61-39/h5-19,33,37-41,43-46,56H,20-30H2,1-4H3,(H,53,58). The number of aliphatic hydroxyl groups is 1. The summed E-state index contributed by atoms with van der Waals surface area (Å²) in [6.45, 7) is 5.06. The summed E-state index contributed by atoms with van der Waals surface area (Å²) >= 11 is 0. The summed E-state index contributed by atoms with van der Waals surface area (Å²) in [5, 5.41) is 14.9. The van der Waals surface area contributed by atoms with Gasteiger partial charge in [0.1, 0.15) is 41.5 Å². The lowest BCUT2D eigenvalue weighted by Crippen LogP contribution is -2.70. The number of nitrogens with one attached hydrogen (secondary N) is 1. The average molecular weight is 904 g/mol. The Morgan fingerprint density at radius 1 is 0.924 bits per heavy atom. The van der Waals surface area contributed by atoms with Crippen LogP contribution in [-0.2, 0) is 73.5 Å². The zero-order valence-electron chi connectivity index (χ0n) is 38.1. The zero-order valence-corrected chi connectivity index (χ0v) is 38.1. The molecule has 6 fully saturated rings. The minimum absolute atomic E-state index is 0.0301. The van der Waals surface area contributed by atoms with Crippen molar-refractivity contribution in [3.8, 4) is 0 Å². The second-order valence-corrected chi connectivity index (χ2v) is 20.4. The van der Waals surface area contributed by atoms with Crippen molar-refractivity contribution in [1.29, 1.82) is 0 Å². The third-order valence-corrected chi connectivity index (χ3v) is 14.7. The van der Waals surface area contributed by atoms with Gasteiger partial charge in [0.15, 0.2) is 11.8 Å². The van der Waals surface area contributed by atoms with Crippen LogP contribution in [0.1, 0.15) is 87.1 Å². The molecule has 4 saturated heterocycles. The first kappa shape index (κ1) is 44.9. The number of nitrogens with zero attached hydrogens (tertiary/aromatic N) is 2. The summed E-state index contributed by atoms with van der Waals surface area (Å²) in [7, 11) is 1.58. The van der Waals surface area contributed by atoms with E-state index in [2.05, 4.69) is 29.6 Å². The van der Waals surface area contributed by atoms with Gasteiger partial charge in [0, 0.05) is 39.2 Å². The van der Waals surface area contributed by atoms with Gasteiger partial charge in [-0.25, -0.2) is 0 Å². The Hall–Kier alpha value is -4.96. The zero-order chi connectivity index (χ0) is 46.0. The highest BCUT2D eigenvalue weighted by Crippen LogP contribution is 2.59. The molecular weight excluding hydrogens is 843 g/mol. The highest BCUT2D eigenvalue weighted by molar-refractivity contribution is 5.96. The number of hydrogen-bond acceptors (Lipinski definition) is 12. The van der Waals surface area contributed by atoms with Gasteiger partial charge in [-0.3, -0.25) is 24.0 Å². The topological polar surface area (TPSA) is 166 Å². The van der Waals surface area contributed by atoms with Gasteiger partial charge in [-0.05, 0) is 80.2 Å². The normalized spacial score (nSPS) is 31.1. The van der Waals surface area contributed by atoms with Crippen LogP contribution in [0.4, 0.5) is 0 Å². The summed E-state index contributed by atoms with van der Waals surface area (Å²) in [4.78, 5) is 66.0. The van der Waals surface area contributed by atoms with E-state index < -0.39 is 89.7 Å². The molecule has 0 aromatic heterocycles. The smallest absolute Gasteiger partial charge is 0.327 e. The monoisotopic (exact) mass is 903 g/mol. The van der Waals surface area contributed by atoms with Crippen LogP contribution in [0, 0.1) is 11.3 Å². The minimum Gasteiger partial charge on any atom is -0.460 e. The number of amides is 2. The number of carbonyl (C=O) groups is 4. The maximum Gasteiger partial charge on any atom is 0.327 e. The average Bonchev–Trinajstić information content (AvgIpc) is 3.64. The Labute approximate surface area is 385 Å². The molecule has 7 aliphatic rings. The van der Waals surface area contributed by atoms with Crippen LogP contribution in [0.3, 0.4) is 0 Å². The van der Waals surface area contributed by atoms with Crippen molar-refractivity contribution in [3.05, 3.63) is 113 Å². The SMILES string of the molecule is CN(C(=O)C12CC3OC(=O)C1N(Cc1ccc(C=CC4CCC5OC5C4)cc1)OC2C1OC2(Cc4ccccc4C2)OC31)C(Cc1ccccc1)C(=O)NC(CO)CCC(=O)OC(C)(C)C. The maximum absolute atomic E-state index is 15.8. The van der Waals surface area contributed by atoms with Gasteiger partial charge in [-0.1, -0.05) is 91.0 Å². The number of likely N-dealkylation sites (N-methyl/N-ethyl adjacent to an activating group) is 1. The van der Waals surface area contributed by atoms with Gasteiger partial charge < -0.3 is 39.0 Å². The molecule has 2 bridgehead atoms. The van der Waals surface area contributed by atoms with E-state index in [1.165, 1.54) is 4.90 Å². The number of hydrogen-bond donors (Lipinski definition) is 2. The number of rotatable bonds is 14. The van der Waals surface area contributed by atoms with E-state index >= 15 is 4.79 Å². The highest BCUT2D eigenvalue weighted by atomic mass is 16.8. The largest absolute Gasteiger partial charge is 0.460 e. The summed E-state index contributed by atoms with van der Waals surface area (Å²) in [5.41, 5.74) is 2.72. The molecule has 14 heteroatoms. The predicted molar refractivity (Wildman–Crippen MR) is 240 cm³/mol. The number of carbonyl (C=O) groups excluding carboxylic acids is 4. The first-order chi connectivity index (χ1) is 31.7. The van der Waals surface area contributed by atoms with Crippen LogP contribution in [0.5, 0.6) is 0 Å². The van der Waals surface area contributed by atoms with E-state index in [0.29, 0.717) is 31.0 Å². The molecule has 350 valence electrons. The Morgan fingerprint density at radius 3 is 2.33 bits per heavy atom. The van der Waals surface area contributed by atoms with Gasteiger partial charge in [0.05, 0.1) is 31.4 Å². The van der Waals surface area contributed by atoms with E-state index in [9.17, 15) is 19.5 Å².